The van der Waals surface area contributed by atoms with Gasteiger partial charge in [0, 0.05) is 34.4 Å². The Morgan fingerprint density at radius 1 is 1.19 bits per heavy atom. The van der Waals surface area contributed by atoms with Crippen molar-refractivity contribution in [3.05, 3.63) is 57.9 Å². The highest BCUT2D eigenvalue weighted by molar-refractivity contribution is 7.99. The molecule has 0 fully saturated rings. The van der Waals surface area contributed by atoms with Crippen LogP contribution in [0.2, 0.25) is 5.02 Å². The number of carbonyl (C=O) groups excluding carboxylic acids is 1. The van der Waals surface area contributed by atoms with Crippen molar-refractivity contribution < 1.29 is 4.79 Å². The summed E-state index contributed by atoms with van der Waals surface area (Å²) in [7, 11) is 0. The van der Waals surface area contributed by atoms with E-state index >= 15 is 0 Å². The summed E-state index contributed by atoms with van der Waals surface area (Å²) in [6.07, 6.45) is 2.51. The lowest BCUT2D eigenvalue weighted by atomic mass is 10.2. The van der Waals surface area contributed by atoms with E-state index in [2.05, 4.69) is 40.9 Å². The van der Waals surface area contributed by atoms with Gasteiger partial charge in [-0.15, -0.1) is 11.8 Å². The molecule has 0 N–H and O–H groups in total. The second-order valence-corrected chi connectivity index (χ2v) is 9.66. The number of fused-ring (bicyclic) bond motifs is 1. The van der Waals surface area contributed by atoms with Crippen LogP contribution >= 0.6 is 46.5 Å². The summed E-state index contributed by atoms with van der Waals surface area (Å²) in [5.41, 5.74) is 2.37. The van der Waals surface area contributed by atoms with Gasteiger partial charge in [-0.05, 0) is 55.1 Å². The summed E-state index contributed by atoms with van der Waals surface area (Å²) in [6.45, 7) is 2.94. The summed E-state index contributed by atoms with van der Waals surface area (Å²) >= 11 is 10.9. The lowest BCUT2D eigenvalue weighted by Gasteiger charge is -2.04. The van der Waals surface area contributed by atoms with Crippen molar-refractivity contribution in [1.29, 1.82) is 0 Å². The zero-order valence-corrected chi connectivity index (χ0v) is 18.5. The standard InChI is InChI=1S/C20H21ClN2OS3/c1-14-3-8-17-18(13-14)27-20(23(17)10-12-25-2)22-19(24)9-11-26-16-6-4-15(21)5-7-16/h3-8,13H,9-12H2,1-2H3. The van der Waals surface area contributed by atoms with Crippen LogP contribution in [0.5, 0.6) is 0 Å². The summed E-state index contributed by atoms with van der Waals surface area (Å²) in [5, 5.41) is 0.722. The normalized spacial score (nSPS) is 12.0. The highest BCUT2D eigenvalue weighted by Gasteiger charge is 2.08. The number of benzene rings is 2. The molecule has 27 heavy (non-hydrogen) atoms. The van der Waals surface area contributed by atoms with Gasteiger partial charge in [-0.25, -0.2) is 0 Å². The van der Waals surface area contributed by atoms with Crippen LogP contribution in [0.25, 0.3) is 10.2 Å². The van der Waals surface area contributed by atoms with Gasteiger partial charge in [0.25, 0.3) is 0 Å². The van der Waals surface area contributed by atoms with Crippen LogP contribution in [0, 0.1) is 6.92 Å². The van der Waals surface area contributed by atoms with Crippen LogP contribution in [0.4, 0.5) is 0 Å². The first-order valence-electron chi connectivity index (χ1n) is 8.61. The maximum absolute atomic E-state index is 12.4. The van der Waals surface area contributed by atoms with E-state index in [4.69, 9.17) is 11.6 Å². The molecule has 3 nitrogen and oxygen atoms in total. The zero-order chi connectivity index (χ0) is 19.2. The Balaban J connectivity index is 1.75. The van der Waals surface area contributed by atoms with Crippen LogP contribution < -0.4 is 4.80 Å². The highest BCUT2D eigenvalue weighted by Crippen LogP contribution is 2.22. The fourth-order valence-electron chi connectivity index (χ4n) is 2.61. The molecule has 0 spiro atoms. The van der Waals surface area contributed by atoms with Gasteiger partial charge in [-0.2, -0.15) is 16.8 Å². The fourth-order valence-corrected chi connectivity index (χ4v) is 5.12. The lowest BCUT2D eigenvalue weighted by molar-refractivity contribution is -0.117. The minimum Gasteiger partial charge on any atom is -0.316 e. The van der Waals surface area contributed by atoms with Crippen molar-refractivity contribution in [1.82, 2.24) is 4.57 Å². The van der Waals surface area contributed by atoms with Crippen molar-refractivity contribution >= 4 is 62.6 Å². The fraction of sp³-hybridized carbons (Fsp3) is 0.300. The number of amides is 1. The number of aromatic nitrogens is 1. The Bertz CT molecular complexity index is 993. The van der Waals surface area contributed by atoms with Gasteiger partial charge in [-0.1, -0.05) is 29.0 Å². The monoisotopic (exact) mass is 436 g/mol. The third kappa shape index (κ3) is 5.64. The first-order valence-corrected chi connectivity index (χ1v) is 12.2. The zero-order valence-electron chi connectivity index (χ0n) is 15.3. The average Bonchev–Trinajstić information content (AvgIpc) is 2.97. The maximum Gasteiger partial charge on any atom is 0.249 e. The van der Waals surface area contributed by atoms with Crippen molar-refractivity contribution in [3.8, 4) is 0 Å². The van der Waals surface area contributed by atoms with E-state index in [0.29, 0.717) is 12.2 Å². The van der Waals surface area contributed by atoms with Gasteiger partial charge in [0.1, 0.15) is 0 Å². The van der Waals surface area contributed by atoms with Crippen molar-refractivity contribution in [2.45, 2.75) is 24.8 Å². The Kier molecular flexibility index (Phi) is 7.47. The number of thioether (sulfide) groups is 2. The molecule has 0 unspecified atom stereocenters. The molecule has 1 heterocycles. The van der Waals surface area contributed by atoms with E-state index in [1.807, 2.05) is 24.3 Å². The molecule has 0 atom stereocenters. The molecular formula is C20H21ClN2OS3. The molecule has 1 aromatic heterocycles. The molecule has 1 amide bonds. The van der Waals surface area contributed by atoms with Gasteiger partial charge < -0.3 is 4.57 Å². The van der Waals surface area contributed by atoms with Crippen molar-refractivity contribution in [2.75, 3.05) is 17.8 Å². The first-order chi connectivity index (χ1) is 13.1. The Labute approximate surface area is 176 Å². The number of nitrogens with zero attached hydrogens (tertiary/aromatic N) is 2. The van der Waals surface area contributed by atoms with E-state index in [-0.39, 0.29) is 5.91 Å². The van der Waals surface area contributed by atoms with Gasteiger partial charge in [-0.3, -0.25) is 4.79 Å². The third-order valence-corrected chi connectivity index (χ3v) is 6.87. The number of hydrogen-bond acceptors (Lipinski definition) is 4. The summed E-state index contributed by atoms with van der Waals surface area (Å²) < 4.78 is 3.35. The molecule has 0 aliphatic carbocycles. The minimum absolute atomic E-state index is 0.0716. The predicted molar refractivity (Wildman–Crippen MR) is 120 cm³/mol. The van der Waals surface area contributed by atoms with Crippen LogP contribution in [-0.2, 0) is 11.3 Å². The average molecular weight is 437 g/mol. The van der Waals surface area contributed by atoms with E-state index in [1.165, 1.54) is 10.3 Å². The van der Waals surface area contributed by atoms with Gasteiger partial charge in [0.15, 0.2) is 4.80 Å². The molecule has 0 aliphatic rings. The molecule has 0 bridgehead atoms. The molecule has 0 radical (unpaired) electrons. The van der Waals surface area contributed by atoms with E-state index in [0.717, 1.165) is 32.5 Å². The molecule has 142 valence electrons. The minimum atomic E-state index is -0.0716. The van der Waals surface area contributed by atoms with Crippen LogP contribution in [0.15, 0.2) is 52.4 Å². The number of carbonyl (C=O) groups is 1. The van der Waals surface area contributed by atoms with E-state index in [9.17, 15) is 4.79 Å². The first kappa shape index (κ1) is 20.5. The molecule has 7 heteroatoms. The summed E-state index contributed by atoms with van der Waals surface area (Å²) in [4.78, 5) is 18.7. The van der Waals surface area contributed by atoms with Crippen LogP contribution in [0.1, 0.15) is 12.0 Å². The van der Waals surface area contributed by atoms with Crippen molar-refractivity contribution in [2.24, 2.45) is 4.99 Å². The number of rotatable bonds is 7. The number of hydrogen-bond donors (Lipinski definition) is 0. The largest absolute Gasteiger partial charge is 0.316 e. The lowest BCUT2D eigenvalue weighted by Crippen LogP contribution is -2.18. The Morgan fingerprint density at radius 2 is 1.96 bits per heavy atom. The molecular weight excluding hydrogens is 416 g/mol. The predicted octanol–water partition coefficient (Wildman–Crippen LogP) is 5.64. The molecule has 0 saturated carbocycles. The highest BCUT2D eigenvalue weighted by atomic mass is 35.5. The number of thiazole rings is 1. The SMILES string of the molecule is CSCCn1c(=NC(=O)CCSc2ccc(Cl)cc2)sc2cc(C)ccc21. The molecule has 0 aliphatic heterocycles. The van der Waals surface area contributed by atoms with Gasteiger partial charge in [0.05, 0.1) is 10.2 Å². The molecule has 0 saturated heterocycles. The number of halogens is 1. The van der Waals surface area contributed by atoms with Crippen LogP contribution in [0.3, 0.4) is 0 Å². The Morgan fingerprint density at radius 3 is 2.70 bits per heavy atom. The van der Waals surface area contributed by atoms with Crippen molar-refractivity contribution in [3.63, 3.8) is 0 Å². The maximum atomic E-state index is 12.4. The molecule has 3 aromatic rings. The van der Waals surface area contributed by atoms with Gasteiger partial charge >= 0.3 is 0 Å². The van der Waals surface area contributed by atoms with E-state index < -0.39 is 0 Å². The topological polar surface area (TPSA) is 34.4 Å². The summed E-state index contributed by atoms with van der Waals surface area (Å²) in [6, 6.07) is 14.1. The smallest absolute Gasteiger partial charge is 0.249 e. The third-order valence-electron chi connectivity index (χ3n) is 3.98. The second kappa shape index (κ2) is 9.82. The van der Waals surface area contributed by atoms with Gasteiger partial charge in [0.2, 0.25) is 5.91 Å². The molecule has 2 aromatic carbocycles. The second-order valence-electron chi connectivity index (χ2n) is 6.06. The molecule has 3 rings (SSSR count). The Hall–Kier alpha value is -1.21. The number of aryl methyl sites for hydroxylation is 2. The summed E-state index contributed by atoms with van der Waals surface area (Å²) in [5.74, 6) is 1.63. The van der Waals surface area contributed by atoms with E-state index in [1.54, 1.807) is 34.9 Å². The quantitative estimate of drug-likeness (QED) is 0.449. The van der Waals surface area contributed by atoms with Crippen LogP contribution in [-0.4, -0.2) is 28.2 Å².